The molecule has 1 heterocycles. The second-order valence-corrected chi connectivity index (χ2v) is 5.55. The number of carbonyl (C=O) groups is 4. The Morgan fingerprint density at radius 1 is 1.12 bits per heavy atom. The van der Waals surface area contributed by atoms with E-state index in [1.165, 1.54) is 0 Å². The van der Waals surface area contributed by atoms with Gasteiger partial charge in [-0.1, -0.05) is 42.3 Å². The Hall–Kier alpha value is -3.10. The molecule has 1 fully saturated rings. The number of hydrogen-bond donors (Lipinski definition) is 1. The molecule has 0 spiro atoms. The maximum absolute atomic E-state index is 11.8. The average Bonchev–Trinajstić information content (AvgIpc) is 2.96. The van der Waals surface area contributed by atoms with E-state index in [2.05, 4.69) is 10.2 Å². The molecule has 0 bridgehead atoms. The molecule has 0 aromatic heterocycles. The quantitative estimate of drug-likeness (QED) is 0.581. The van der Waals surface area contributed by atoms with Crippen LogP contribution in [0.2, 0.25) is 0 Å². The fourth-order valence-corrected chi connectivity index (χ4v) is 2.12. The number of amides is 3. The van der Waals surface area contributed by atoms with E-state index in [1.54, 1.807) is 6.92 Å². The van der Waals surface area contributed by atoms with Gasteiger partial charge in [0.1, 0.15) is 13.2 Å². The second kappa shape index (κ2) is 9.40. The number of alkyl carbamates (subject to hydrolysis) is 1. The van der Waals surface area contributed by atoms with E-state index >= 15 is 0 Å². The first-order chi connectivity index (χ1) is 12.5. The van der Waals surface area contributed by atoms with Gasteiger partial charge in [0.05, 0.1) is 6.04 Å². The first-order valence-corrected chi connectivity index (χ1v) is 8.17. The van der Waals surface area contributed by atoms with Crippen molar-refractivity contribution in [1.82, 2.24) is 10.4 Å². The monoisotopic (exact) mass is 364 g/mol. The van der Waals surface area contributed by atoms with Gasteiger partial charge in [-0.2, -0.15) is 0 Å². The Kier molecular flexibility index (Phi) is 6.95. The summed E-state index contributed by atoms with van der Waals surface area (Å²) < 4.78 is 9.92. The summed E-state index contributed by atoms with van der Waals surface area (Å²) in [6.07, 6.45) is -1.37. The van der Waals surface area contributed by atoms with Crippen LogP contribution in [-0.2, 0) is 30.5 Å². The summed E-state index contributed by atoms with van der Waals surface area (Å²) in [5.41, 5.74) is 0.843. The second-order valence-electron chi connectivity index (χ2n) is 5.55. The lowest BCUT2D eigenvalue weighted by atomic mass is 10.2. The summed E-state index contributed by atoms with van der Waals surface area (Å²) in [5.74, 6) is -1.19. The third kappa shape index (κ3) is 5.76. The summed E-state index contributed by atoms with van der Waals surface area (Å²) in [5, 5.41) is 2.96. The van der Waals surface area contributed by atoms with Crippen LogP contribution in [0.3, 0.4) is 0 Å². The van der Waals surface area contributed by atoms with Crippen molar-refractivity contribution >= 4 is 24.1 Å². The molecule has 9 nitrogen and oxygen atoms in total. The van der Waals surface area contributed by atoms with Crippen LogP contribution in [0.15, 0.2) is 30.3 Å². The summed E-state index contributed by atoms with van der Waals surface area (Å²) in [7, 11) is 0. The van der Waals surface area contributed by atoms with Crippen LogP contribution in [0.25, 0.3) is 0 Å². The van der Waals surface area contributed by atoms with Gasteiger partial charge in [-0.05, 0) is 12.0 Å². The van der Waals surface area contributed by atoms with Crippen LogP contribution in [0.1, 0.15) is 31.7 Å². The molecule has 1 atom stereocenters. The predicted molar refractivity (Wildman–Crippen MR) is 87.4 cm³/mol. The van der Waals surface area contributed by atoms with Gasteiger partial charge in [-0.25, -0.2) is 9.59 Å². The topological polar surface area (TPSA) is 111 Å². The molecular weight excluding hydrogens is 344 g/mol. The first kappa shape index (κ1) is 19.2. The Balaban J connectivity index is 1.71. The van der Waals surface area contributed by atoms with Gasteiger partial charge in [-0.15, -0.1) is 0 Å². The van der Waals surface area contributed by atoms with Crippen molar-refractivity contribution in [1.29, 1.82) is 0 Å². The smallest absolute Gasteiger partial charge is 0.445 e. The fourth-order valence-electron chi connectivity index (χ4n) is 2.12. The van der Waals surface area contributed by atoms with Gasteiger partial charge >= 0.3 is 12.2 Å². The Labute approximate surface area is 150 Å². The van der Waals surface area contributed by atoms with E-state index in [0.29, 0.717) is 11.5 Å². The molecule has 1 unspecified atom stereocenters. The van der Waals surface area contributed by atoms with Crippen LogP contribution in [0.4, 0.5) is 9.59 Å². The molecule has 1 saturated heterocycles. The molecule has 9 heteroatoms. The number of rotatable bonds is 7. The number of ether oxygens (including phenoxy) is 2. The number of carbonyl (C=O) groups excluding carboxylic acids is 4. The van der Waals surface area contributed by atoms with Crippen LogP contribution in [0, 0.1) is 0 Å². The van der Waals surface area contributed by atoms with Crippen LogP contribution in [0.5, 0.6) is 0 Å². The number of nitrogens with one attached hydrogen (secondary N) is 1. The highest BCUT2D eigenvalue weighted by Gasteiger charge is 2.33. The van der Waals surface area contributed by atoms with Gasteiger partial charge < -0.3 is 14.8 Å². The van der Waals surface area contributed by atoms with Crippen molar-refractivity contribution < 1.29 is 33.5 Å². The standard InChI is InChI=1S/C17H20N2O7/c1-2-13(18-16(22)24-10-12-6-4-3-5-7-12)11-25-17(23)26-19-14(20)8-9-15(19)21/h3-7,13H,2,8-11H2,1H3,(H,18,22). The van der Waals surface area contributed by atoms with Gasteiger partial charge in [0.25, 0.3) is 11.8 Å². The highest BCUT2D eigenvalue weighted by molar-refractivity contribution is 6.01. The molecular formula is C17H20N2O7. The van der Waals surface area contributed by atoms with Crippen molar-refractivity contribution in [2.45, 2.75) is 38.8 Å². The zero-order valence-electron chi connectivity index (χ0n) is 14.3. The molecule has 140 valence electrons. The first-order valence-electron chi connectivity index (χ1n) is 8.17. The van der Waals surface area contributed by atoms with E-state index in [4.69, 9.17) is 9.47 Å². The van der Waals surface area contributed by atoms with Gasteiger partial charge in [0, 0.05) is 12.8 Å². The summed E-state index contributed by atoms with van der Waals surface area (Å²) in [6.45, 7) is 1.71. The minimum Gasteiger partial charge on any atom is -0.445 e. The molecule has 1 aliphatic heterocycles. The Morgan fingerprint density at radius 2 is 1.77 bits per heavy atom. The zero-order valence-corrected chi connectivity index (χ0v) is 14.3. The van der Waals surface area contributed by atoms with Gasteiger partial charge in [-0.3, -0.25) is 14.4 Å². The average molecular weight is 364 g/mol. The maximum Gasteiger partial charge on any atom is 0.534 e. The lowest BCUT2D eigenvalue weighted by Gasteiger charge is -2.18. The van der Waals surface area contributed by atoms with Crippen molar-refractivity contribution in [2.24, 2.45) is 0 Å². The molecule has 1 aliphatic rings. The molecule has 3 amide bonds. The van der Waals surface area contributed by atoms with E-state index in [9.17, 15) is 19.2 Å². The van der Waals surface area contributed by atoms with E-state index < -0.39 is 30.1 Å². The number of benzene rings is 1. The van der Waals surface area contributed by atoms with Crippen molar-refractivity contribution in [3.8, 4) is 0 Å². The lowest BCUT2D eigenvalue weighted by molar-refractivity contribution is -0.177. The van der Waals surface area contributed by atoms with Crippen LogP contribution in [-0.4, -0.2) is 41.8 Å². The van der Waals surface area contributed by atoms with Gasteiger partial charge in [0.2, 0.25) is 0 Å². The summed E-state index contributed by atoms with van der Waals surface area (Å²) >= 11 is 0. The predicted octanol–water partition coefficient (Wildman–Crippen LogP) is 1.91. The number of nitrogens with zero attached hydrogens (tertiary/aromatic N) is 1. The highest BCUT2D eigenvalue weighted by Crippen LogP contribution is 2.12. The van der Waals surface area contributed by atoms with E-state index in [-0.39, 0.29) is 26.1 Å². The van der Waals surface area contributed by atoms with E-state index in [0.717, 1.165) is 5.56 Å². The minimum atomic E-state index is -1.19. The minimum absolute atomic E-state index is 0.00148. The molecule has 1 N–H and O–H groups in total. The molecule has 0 aliphatic carbocycles. The SMILES string of the molecule is CCC(COC(=O)ON1C(=O)CCC1=O)NC(=O)OCc1ccccc1. The third-order valence-electron chi connectivity index (χ3n) is 3.60. The van der Waals surface area contributed by atoms with Crippen molar-refractivity contribution in [3.05, 3.63) is 35.9 Å². The summed E-state index contributed by atoms with van der Waals surface area (Å²) in [4.78, 5) is 50.6. The van der Waals surface area contributed by atoms with Crippen molar-refractivity contribution in [2.75, 3.05) is 6.61 Å². The van der Waals surface area contributed by atoms with Crippen LogP contribution >= 0.6 is 0 Å². The number of hydroxylamine groups is 2. The highest BCUT2D eigenvalue weighted by atomic mass is 16.8. The number of imide groups is 1. The Morgan fingerprint density at radius 3 is 2.38 bits per heavy atom. The molecule has 0 saturated carbocycles. The lowest BCUT2D eigenvalue weighted by Crippen LogP contribution is -2.39. The molecule has 1 aromatic carbocycles. The molecule has 1 aromatic rings. The molecule has 26 heavy (non-hydrogen) atoms. The largest absolute Gasteiger partial charge is 0.534 e. The molecule has 2 rings (SSSR count). The number of hydrogen-bond acceptors (Lipinski definition) is 7. The molecule has 0 radical (unpaired) electrons. The third-order valence-corrected chi connectivity index (χ3v) is 3.60. The van der Waals surface area contributed by atoms with Gasteiger partial charge in [0.15, 0.2) is 0 Å². The normalized spacial score (nSPS) is 14.7. The van der Waals surface area contributed by atoms with Crippen molar-refractivity contribution in [3.63, 3.8) is 0 Å². The zero-order chi connectivity index (χ0) is 18.9. The van der Waals surface area contributed by atoms with Crippen LogP contribution < -0.4 is 5.32 Å². The fraction of sp³-hybridized carbons (Fsp3) is 0.412. The summed E-state index contributed by atoms with van der Waals surface area (Å²) in [6, 6.07) is 8.67. The Bertz CT molecular complexity index is 646. The van der Waals surface area contributed by atoms with E-state index in [1.807, 2.05) is 30.3 Å². The maximum atomic E-state index is 11.8.